The Labute approximate surface area is 99.6 Å². The molecule has 1 atom stereocenters. The Kier molecular flexibility index (Phi) is 3.19. The van der Waals surface area contributed by atoms with Crippen LogP contribution in [0.15, 0.2) is 0 Å². The fraction of sp³-hybridized carbons (Fsp3) is 0.583. The van der Waals surface area contributed by atoms with E-state index in [1.165, 1.54) is 11.3 Å². The number of hydrogen-bond donors (Lipinski definition) is 1. The number of esters is 1. The van der Waals surface area contributed by atoms with Gasteiger partial charge in [0.05, 0.1) is 12.2 Å². The zero-order valence-electron chi connectivity index (χ0n) is 9.71. The third kappa shape index (κ3) is 1.82. The lowest BCUT2D eigenvalue weighted by Gasteiger charge is -2.19. The average molecular weight is 239 g/mol. The molecule has 1 aliphatic rings. The van der Waals surface area contributed by atoms with Crippen molar-refractivity contribution in [3.8, 4) is 0 Å². The van der Waals surface area contributed by atoms with Crippen molar-refractivity contribution in [3.05, 3.63) is 16.0 Å². The van der Waals surface area contributed by atoms with E-state index in [2.05, 4.69) is 6.92 Å². The van der Waals surface area contributed by atoms with Gasteiger partial charge in [-0.3, -0.25) is 0 Å². The van der Waals surface area contributed by atoms with Crippen LogP contribution in [-0.2, 0) is 11.2 Å². The summed E-state index contributed by atoms with van der Waals surface area (Å²) in [6.45, 7) is 4.38. The Morgan fingerprint density at radius 3 is 3.06 bits per heavy atom. The predicted molar refractivity (Wildman–Crippen MR) is 66.0 cm³/mol. The highest BCUT2D eigenvalue weighted by Gasteiger charge is 2.28. The Balaban J connectivity index is 2.44. The molecule has 4 heteroatoms. The molecule has 0 spiro atoms. The first-order valence-corrected chi connectivity index (χ1v) is 6.55. The molecular formula is C12H17NO2S. The molecule has 16 heavy (non-hydrogen) atoms. The third-order valence-electron chi connectivity index (χ3n) is 3.06. The zero-order chi connectivity index (χ0) is 11.7. The molecule has 1 heterocycles. The van der Waals surface area contributed by atoms with Crippen molar-refractivity contribution in [1.29, 1.82) is 0 Å². The van der Waals surface area contributed by atoms with Gasteiger partial charge in [-0.25, -0.2) is 4.79 Å². The lowest BCUT2D eigenvalue weighted by Crippen LogP contribution is -2.13. The van der Waals surface area contributed by atoms with E-state index in [9.17, 15) is 4.79 Å². The summed E-state index contributed by atoms with van der Waals surface area (Å²) in [5, 5.41) is 0.622. The fourth-order valence-corrected chi connectivity index (χ4v) is 3.57. The van der Waals surface area contributed by atoms with E-state index in [1.807, 2.05) is 6.92 Å². The van der Waals surface area contributed by atoms with E-state index in [-0.39, 0.29) is 5.97 Å². The highest BCUT2D eigenvalue weighted by molar-refractivity contribution is 7.16. The fourth-order valence-electron chi connectivity index (χ4n) is 2.34. The average Bonchev–Trinajstić information content (AvgIpc) is 2.56. The second-order valence-corrected chi connectivity index (χ2v) is 5.33. The topological polar surface area (TPSA) is 52.3 Å². The van der Waals surface area contributed by atoms with Crippen LogP contribution in [-0.4, -0.2) is 12.6 Å². The summed E-state index contributed by atoms with van der Waals surface area (Å²) in [5.74, 6) is 0.169. The number of aryl methyl sites for hydroxylation is 1. The van der Waals surface area contributed by atoms with Gasteiger partial charge in [-0.15, -0.1) is 11.3 Å². The molecular weight excluding hydrogens is 222 g/mol. The summed E-state index contributed by atoms with van der Waals surface area (Å²) < 4.78 is 5.07. The number of hydrogen-bond acceptors (Lipinski definition) is 4. The van der Waals surface area contributed by atoms with Crippen molar-refractivity contribution in [2.45, 2.75) is 39.0 Å². The summed E-state index contributed by atoms with van der Waals surface area (Å²) in [4.78, 5) is 13.1. The summed E-state index contributed by atoms with van der Waals surface area (Å²) in [5.41, 5.74) is 7.71. The Hall–Kier alpha value is -1.03. The van der Waals surface area contributed by atoms with Gasteiger partial charge in [0.25, 0.3) is 0 Å². The van der Waals surface area contributed by atoms with E-state index in [1.54, 1.807) is 11.3 Å². The maximum atomic E-state index is 11.8. The Morgan fingerprint density at radius 2 is 2.38 bits per heavy atom. The van der Waals surface area contributed by atoms with Gasteiger partial charge in [-0.2, -0.15) is 0 Å². The third-order valence-corrected chi connectivity index (χ3v) is 4.16. The van der Waals surface area contributed by atoms with Crippen molar-refractivity contribution in [1.82, 2.24) is 0 Å². The zero-order valence-corrected chi connectivity index (χ0v) is 10.5. The molecule has 0 amide bonds. The molecule has 0 saturated heterocycles. The second kappa shape index (κ2) is 4.45. The molecule has 2 rings (SSSR count). The Bertz CT molecular complexity index is 411. The molecule has 0 bridgehead atoms. The second-order valence-electron chi connectivity index (χ2n) is 4.19. The maximum absolute atomic E-state index is 11.8. The molecule has 0 fully saturated rings. The summed E-state index contributed by atoms with van der Waals surface area (Å²) >= 11 is 1.55. The van der Waals surface area contributed by atoms with Crippen molar-refractivity contribution >= 4 is 22.3 Å². The first kappa shape index (κ1) is 11.5. The number of carbonyl (C=O) groups excluding carboxylic acids is 1. The Morgan fingerprint density at radius 1 is 1.62 bits per heavy atom. The van der Waals surface area contributed by atoms with Crippen LogP contribution in [0.4, 0.5) is 5.00 Å². The van der Waals surface area contributed by atoms with Gasteiger partial charge >= 0.3 is 5.97 Å². The van der Waals surface area contributed by atoms with Crippen LogP contribution in [0.5, 0.6) is 0 Å². The molecule has 0 aromatic carbocycles. The van der Waals surface area contributed by atoms with E-state index in [4.69, 9.17) is 10.5 Å². The van der Waals surface area contributed by atoms with E-state index >= 15 is 0 Å². The van der Waals surface area contributed by atoms with E-state index in [0.717, 1.165) is 18.4 Å². The molecule has 0 aliphatic heterocycles. The number of fused-ring (bicyclic) bond motifs is 1. The molecule has 1 aromatic heterocycles. The molecule has 0 unspecified atom stereocenters. The number of carbonyl (C=O) groups is 1. The van der Waals surface area contributed by atoms with Gasteiger partial charge in [0.2, 0.25) is 0 Å². The SMILES string of the molecule is CCOC(=O)c1c(N)sc2c1[C@H](C)CCC2. The van der Waals surface area contributed by atoms with Crippen LogP contribution in [0.2, 0.25) is 0 Å². The minimum Gasteiger partial charge on any atom is -0.462 e. The molecule has 1 aliphatic carbocycles. The molecule has 3 nitrogen and oxygen atoms in total. The smallest absolute Gasteiger partial charge is 0.341 e. The maximum Gasteiger partial charge on any atom is 0.341 e. The van der Waals surface area contributed by atoms with Gasteiger partial charge in [0, 0.05) is 4.88 Å². The highest BCUT2D eigenvalue weighted by atomic mass is 32.1. The quantitative estimate of drug-likeness (QED) is 0.807. The van der Waals surface area contributed by atoms with Crippen molar-refractivity contribution < 1.29 is 9.53 Å². The molecule has 88 valence electrons. The van der Waals surface area contributed by atoms with Gasteiger partial charge in [0.15, 0.2) is 0 Å². The number of anilines is 1. The number of thiophene rings is 1. The first-order chi connectivity index (χ1) is 7.65. The number of nitrogens with two attached hydrogens (primary N) is 1. The minimum absolute atomic E-state index is 0.258. The van der Waals surface area contributed by atoms with Crippen molar-refractivity contribution in [2.24, 2.45) is 0 Å². The number of ether oxygens (including phenoxy) is 1. The van der Waals surface area contributed by atoms with Gasteiger partial charge in [-0.05, 0) is 37.7 Å². The van der Waals surface area contributed by atoms with Gasteiger partial charge < -0.3 is 10.5 Å². The van der Waals surface area contributed by atoms with E-state index in [0.29, 0.717) is 23.1 Å². The summed E-state index contributed by atoms with van der Waals surface area (Å²) in [7, 11) is 0. The van der Waals surface area contributed by atoms with Gasteiger partial charge in [0.1, 0.15) is 5.00 Å². The van der Waals surface area contributed by atoms with Crippen LogP contribution < -0.4 is 5.73 Å². The molecule has 1 aromatic rings. The van der Waals surface area contributed by atoms with Crippen LogP contribution in [0.25, 0.3) is 0 Å². The van der Waals surface area contributed by atoms with Crippen LogP contribution in [0.1, 0.15) is 53.4 Å². The molecule has 0 radical (unpaired) electrons. The largest absolute Gasteiger partial charge is 0.462 e. The van der Waals surface area contributed by atoms with Crippen molar-refractivity contribution in [2.75, 3.05) is 12.3 Å². The lowest BCUT2D eigenvalue weighted by molar-refractivity contribution is 0.0526. The normalized spacial score (nSPS) is 19.2. The predicted octanol–water partition coefficient (Wildman–Crippen LogP) is 2.95. The highest BCUT2D eigenvalue weighted by Crippen LogP contribution is 2.42. The van der Waals surface area contributed by atoms with E-state index < -0.39 is 0 Å². The number of nitrogen functional groups attached to an aromatic ring is 1. The first-order valence-electron chi connectivity index (χ1n) is 5.73. The minimum atomic E-state index is -0.258. The lowest BCUT2D eigenvalue weighted by atomic mass is 9.86. The number of rotatable bonds is 2. The summed E-state index contributed by atoms with van der Waals surface area (Å²) in [6.07, 6.45) is 3.37. The van der Waals surface area contributed by atoms with Crippen LogP contribution in [0.3, 0.4) is 0 Å². The standard InChI is InChI=1S/C12H17NO2S/c1-3-15-12(14)10-9-7(2)5-4-6-8(9)16-11(10)13/h7H,3-6,13H2,1-2H3/t7-/m1/s1. The van der Waals surface area contributed by atoms with Crippen molar-refractivity contribution in [3.63, 3.8) is 0 Å². The molecule has 0 saturated carbocycles. The van der Waals surface area contributed by atoms with Gasteiger partial charge in [-0.1, -0.05) is 6.92 Å². The van der Waals surface area contributed by atoms with Crippen LogP contribution >= 0.6 is 11.3 Å². The summed E-state index contributed by atoms with van der Waals surface area (Å²) in [6, 6.07) is 0. The van der Waals surface area contributed by atoms with Crippen LogP contribution in [0, 0.1) is 0 Å². The monoisotopic (exact) mass is 239 g/mol. The molecule has 2 N–H and O–H groups in total.